The number of nitrogens with one attached hydrogen (secondary N) is 2. The van der Waals surface area contributed by atoms with E-state index in [1.54, 1.807) is 0 Å². The van der Waals surface area contributed by atoms with Gasteiger partial charge in [0.1, 0.15) is 0 Å². The number of carbonyl (C=O) groups excluding carboxylic acids is 1. The van der Waals surface area contributed by atoms with Crippen molar-refractivity contribution in [1.29, 1.82) is 0 Å². The van der Waals surface area contributed by atoms with E-state index in [1.165, 1.54) is 12.8 Å². The number of amides is 1. The molecule has 2 rings (SSSR count). The van der Waals surface area contributed by atoms with Gasteiger partial charge < -0.3 is 15.4 Å². The Morgan fingerprint density at radius 1 is 1.33 bits per heavy atom. The maximum Gasteiger partial charge on any atom is 0.222 e. The second-order valence-electron chi connectivity index (χ2n) is 5.72. The van der Waals surface area contributed by atoms with E-state index in [9.17, 15) is 4.79 Å². The number of piperidine rings is 1. The lowest BCUT2D eigenvalue weighted by Crippen LogP contribution is -2.35. The van der Waals surface area contributed by atoms with Crippen molar-refractivity contribution in [3.8, 4) is 0 Å². The third kappa shape index (κ3) is 5.36. The molecule has 1 heterocycles. The minimum absolute atomic E-state index is 0.136. The number of hydrogen-bond donors (Lipinski definition) is 2. The van der Waals surface area contributed by atoms with Crippen LogP contribution in [0.15, 0.2) is 0 Å². The fraction of sp³-hybridized carbons (Fsp3) is 0.929. The van der Waals surface area contributed by atoms with E-state index in [1.807, 2.05) is 0 Å². The number of rotatable bonds is 7. The zero-order chi connectivity index (χ0) is 12.8. The third-order valence-electron chi connectivity index (χ3n) is 3.76. The van der Waals surface area contributed by atoms with Gasteiger partial charge in [-0.2, -0.15) is 0 Å². The van der Waals surface area contributed by atoms with Crippen LogP contribution < -0.4 is 10.6 Å². The normalized spacial score (nSPS) is 22.7. The first-order valence-corrected chi connectivity index (χ1v) is 7.35. The summed E-state index contributed by atoms with van der Waals surface area (Å²) in [4.78, 5) is 11.7. The zero-order valence-corrected chi connectivity index (χ0v) is 11.4. The van der Waals surface area contributed by atoms with Gasteiger partial charge >= 0.3 is 0 Å². The Balaban J connectivity index is 1.50. The molecule has 1 unspecified atom stereocenters. The Hall–Kier alpha value is -0.610. The fourth-order valence-corrected chi connectivity index (χ4v) is 2.54. The van der Waals surface area contributed by atoms with Gasteiger partial charge in [0.25, 0.3) is 0 Å². The fourth-order valence-electron chi connectivity index (χ4n) is 2.54. The van der Waals surface area contributed by atoms with Gasteiger partial charge in [-0.1, -0.05) is 12.8 Å². The highest BCUT2D eigenvalue weighted by atomic mass is 16.5. The first-order valence-electron chi connectivity index (χ1n) is 7.35. The van der Waals surface area contributed by atoms with Gasteiger partial charge in [0, 0.05) is 12.5 Å². The van der Waals surface area contributed by atoms with Crippen molar-refractivity contribution in [2.75, 3.05) is 19.7 Å². The third-order valence-corrected chi connectivity index (χ3v) is 3.76. The van der Waals surface area contributed by atoms with Crippen LogP contribution in [0.2, 0.25) is 0 Å². The molecule has 0 spiro atoms. The average Bonchev–Trinajstić information content (AvgIpc) is 3.14. The largest absolute Gasteiger partial charge is 0.378 e. The highest BCUT2D eigenvalue weighted by Crippen LogP contribution is 2.33. The first-order chi connectivity index (χ1) is 8.74. The van der Waals surface area contributed by atoms with Gasteiger partial charge in [-0.05, 0) is 45.2 Å². The first kappa shape index (κ1) is 13.8. The van der Waals surface area contributed by atoms with Gasteiger partial charge in [-0.25, -0.2) is 0 Å². The molecule has 1 amide bonds. The second kappa shape index (κ2) is 7.10. The molecule has 0 bridgehead atoms. The molecule has 1 aliphatic carbocycles. The van der Waals surface area contributed by atoms with E-state index >= 15 is 0 Å². The van der Waals surface area contributed by atoms with Crippen molar-refractivity contribution in [3.05, 3.63) is 0 Å². The van der Waals surface area contributed by atoms with Crippen molar-refractivity contribution >= 4 is 5.91 Å². The number of ether oxygens (including phenoxy) is 1. The van der Waals surface area contributed by atoms with Crippen LogP contribution in [0.5, 0.6) is 0 Å². The Kier molecular flexibility index (Phi) is 5.45. The molecular weight excluding hydrogens is 228 g/mol. The van der Waals surface area contributed by atoms with Crippen LogP contribution in [0.3, 0.4) is 0 Å². The summed E-state index contributed by atoms with van der Waals surface area (Å²) < 4.78 is 5.73. The predicted octanol–water partition coefficient (Wildman–Crippen LogP) is 1.45. The van der Waals surface area contributed by atoms with Gasteiger partial charge in [0.05, 0.1) is 12.7 Å². The van der Waals surface area contributed by atoms with Gasteiger partial charge in [-0.3, -0.25) is 4.79 Å². The smallest absolute Gasteiger partial charge is 0.222 e. The molecule has 0 aromatic rings. The van der Waals surface area contributed by atoms with E-state index < -0.39 is 0 Å². The Morgan fingerprint density at radius 3 is 2.72 bits per heavy atom. The molecule has 2 aliphatic rings. The lowest BCUT2D eigenvalue weighted by Gasteiger charge is -2.23. The average molecular weight is 254 g/mol. The Labute approximate surface area is 110 Å². The lowest BCUT2D eigenvalue weighted by molar-refractivity contribution is -0.123. The van der Waals surface area contributed by atoms with Crippen LogP contribution >= 0.6 is 0 Å². The topological polar surface area (TPSA) is 50.4 Å². The molecule has 0 radical (unpaired) electrons. The van der Waals surface area contributed by atoms with E-state index in [2.05, 4.69) is 17.6 Å². The Morgan fingerprint density at radius 2 is 2.06 bits per heavy atom. The molecule has 18 heavy (non-hydrogen) atoms. The van der Waals surface area contributed by atoms with Crippen LogP contribution in [0.4, 0.5) is 0 Å². The summed E-state index contributed by atoms with van der Waals surface area (Å²) in [7, 11) is 0. The van der Waals surface area contributed by atoms with Crippen molar-refractivity contribution in [2.24, 2.45) is 5.92 Å². The highest BCUT2D eigenvalue weighted by Gasteiger charge is 2.24. The number of carbonyl (C=O) groups is 1. The van der Waals surface area contributed by atoms with Gasteiger partial charge in [-0.15, -0.1) is 0 Å². The molecule has 4 heteroatoms. The summed E-state index contributed by atoms with van der Waals surface area (Å²) in [5.41, 5.74) is 0. The van der Waals surface area contributed by atoms with Crippen molar-refractivity contribution in [1.82, 2.24) is 10.6 Å². The second-order valence-corrected chi connectivity index (χ2v) is 5.72. The number of hydrogen-bond acceptors (Lipinski definition) is 3. The van der Waals surface area contributed by atoms with Gasteiger partial charge in [0.15, 0.2) is 0 Å². The zero-order valence-electron chi connectivity index (χ0n) is 11.4. The molecule has 4 nitrogen and oxygen atoms in total. The maximum absolute atomic E-state index is 11.7. The molecule has 1 saturated heterocycles. The summed E-state index contributed by atoms with van der Waals surface area (Å²) >= 11 is 0. The van der Waals surface area contributed by atoms with Crippen molar-refractivity contribution < 1.29 is 9.53 Å². The van der Waals surface area contributed by atoms with Crippen LogP contribution in [-0.4, -0.2) is 37.7 Å². The monoisotopic (exact) mass is 254 g/mol. The Bertz CT molecular complexity index is 261. The summed E-state index contributed by atoms with van der Waals surface area (Å²) in [6.45, 7) is 4.74. The lowest BCUT2D eigenvalue weighted by atomic mass is 10.1. The predicted molar refractivity (Wildman–Crippen MR) is 71.4 cm³/mol. The standard InChI is InChI=1S/C14H26N2O2/c1-11(10-12-2-3-12)16-14(17)6-9-18-13-4-7-15-8-5-13/h11-13,15H,2-10H2,1H3,(H,16,17). The van der Waals surface area contributed by atoms with Crippen LogP contribution in [0.1, 0.15) is 45.4 Å². The summed E-state index contributed by atoms with van der Waals surface area (Å²) in [6.07, 6.45) is 6.82. The summed E-state index contributed by atoms with van der Waals surface area (Å²) in [5.74, 6) is 1.00. The molecule has 1 atom stereocenters. The minimum atomic E-state index is 0.136. The van der Waals surface area contributed by atoms with Crippen molar-refractivity contribution in [3.63, 3.8) is 0 Å². The summed E-state index contributed by atoms with van der Waals surface area (Å²) in [6, 6.07) is 0.323. The van der Waals surface area contributed by atoms with Gasteiger partial charge in [0.2, 0.25) is 5.91 Å². The molecule has 2 fully saturated rings. The van der Waals surface area contributed by atoms with Crippen LogP contribution in [0, 0.1) is 5.92 Å². The van der Waals surface area contributed by atoms with Crippen LogP contribution in [0.25, 0.3) is 0 Å². The maximum atomic E-state index is 11.7. The highest BCUT2D eigenvalue weighted by molar-refractivity contribution is 5.76. The molecule has 1 saturated carbocycles. The molecule has 104 valence electrons. The minimum Gasteiger partial charge on any atom is -0.378 e. The SMILES string of the molecule is CC(CC1CC1)NC(=O)CCOC1CCNCC1. The van der Waals surface area contributed by atoms with E-state index in [0.717, 1.165) is 38.3 Å². The summed E-state index contributed by atoms with van der Waals surface area (Å²) in [5, 5.41) is 6.36. The van der Waals surface area contributed by atoms with E-state index in [4.69, 9.17) is 4.74 Å². The molecule has 0 aromatic carbocycles. The molecule has 2 N–H and O–H groups in total. The quantitative estimate of drug-likeness (QED) is 0.723. The molecule has 0 aromatic heterocycles. The van der Waals surface area contributed by atoms with E-state index in [0.29, 0.717) is 25.2 Å². The van der Waals surface area contributed by atoms with Crippen LogP contribution in [-0.2, 0) is 9.53 Å². The van der Waals surface area contributed by atoms with Crippen molar-refractivity contribution in [2.45, 2.75) is 57.6 Å². The molecular formula is C14H26N2O2. The van der Waals surface area contributed by atoms with E-state index in [-0.39, 0.29) is 5.91 Å². The molecule has 1 aliphatic heterocycles.